The third-order valence-corrected chi connectivity index (χ3v) is 5.88. The fourth-order valence-corrected chi connectivity index (χ4v) is 3.91. The minimum absolute atomic E-state index is 0.297. The van der Waals surface area contributed by atoms with Crippen LogP contribution in [0.3, 0.4) is 0 Å². The fraction of sp³-hybridized carbons (Fsp3) is 0.778. The Kier molecular flexibility index (Phi) is 5.45. The summed E-state index contributed by atoms with van der Waals surface area (Å²) in [5, 5.41) is 0. The second kappa shape index (κ2) is 5.51. The van der Waals surface area contributed by atoms with Gasteiger partial charge in [0, 0.05) is 14.2 Å². The molecule has 0 radical (unpaired) electrons. The number of hydrogen-bond acceptors (Lipinski definition) is 2. The van der Waals surface area contributed by atoms with Crippen molar-refractivity contribution in [2.75, 3.05) is 14.2 Å². The Hall–Kier alpha value is -0.123. The molecule has 1 atom stereocenters. The summed E-state index contributed by atoms with van der Waals surface area (Å²) in [5.41, 5.74) is -0.297. The second-order valence-corrected chi connectivity index (χ2v) is 6.15. The molecule has 0 bridgehead atoms. The molecule has 0 aromatic carbocycles. The van der Waals surface area contributed by atoms with Crippen molar-refractivity contribution in [1.29, 1.82) is 0 Å². The van der Waals surface area contributed by atoms with Gasteiger partial charge in [-0.3, -0.25) is 0 Å². The standard InChI is InChI=1S/C9H20O2Si/c1-6-8-12(5)9(7-2,10-3)11-4/h6,12H,1,7-8H2,2-5H3. The minimum atomic E-state index is -1.02. The predicted molar refractivity (Wildman–Crippen MR) is 55.1 cm³/mol. The van der Waals surface area contributed by atoms with Gasteiger partial charge in [-0.25, -0.2) is 0 Å². The molecule has 0 aliphatic heterocycles. The van der Waals surface area contributed by atoms with E-state index in [0.29, 0.717) is 0 Å². The van der Waals surface area contributed by atoms with Crippen molar-refractivity contribution in [3.05, 3.63) is 12.7 Å². The van der Waals surface area contributed by atoms with Crippen LogP contribution in [0.1, 0.15) is 13.3 Å². The average molecular weight is 188 g/mol. The molecule has 0 heterocycles. The number of rotatable bonds is 6. The molecule has 0 aromatic rings. The molecule has 0 rings (SSSR count). The molecule has 12 heavy (non-hydrogen) atoms. The molecule has 0 saturated carbocycles. The highest BCUT2D eigenvalue weighted by atomic mass is 28.3. The van der Waals surface area contributed by atoms with Crippen LogP contribution in [-0.2, 0) is 9.47 Å². The lowest BCUT2D eigenvalue weighted by molar-refractivity contribution is -0.148. The third-order valence-electron chi connectivity index (χ3n) is 2.45. The van der Waals surface area contributed by atoms with Crippen molar-refractivity contribution >= 4 is 8.80 Å². The average Bonchev–Trinajstić information content (AvgIpc) is 2.09. The van der Waals surface area contributed by atoms with E-state index < -0.39 is 8.80 Å². The van der Waals surface area contributed by atoms with E-state index in [1.807, 2.05) is 6.08 Å². The summed E-state index contributed by atoms with van der Waals surface area (Å²) < 4.78 is 10.9. The number of methoxy groups -OCH3 is 2. The summed E-state index contributed by atoms with van der Waals surface area (Å²) >= 11 is 0. The van der Waals surface area contributed by atoms with Gasteiger partial charge in [0.15, 0.2) is 0 Å². The first-order chi connectivity index (χ1) is 5.66. The van der Waals surface area contributed by atoms with Crippen molar-refractivity contribution < 1.29 is 9.47 Å². The van der Waals surface area contributed by atoms with Crippen LogP contribution in [0.25, 0.3) is 0 Å². The SMILES string of the molecule is C=CC[SiH](C)C(CC)(OC)OC. The van der Waals surface area contributed by atoms with Crippen molar-refractivity contribution in [2.24, 2.45) is 0 Å². The lowest BCUT2D eigenvalue weighted by Crippen LogP contribution is -2.46. The van der Waals surface area contributed by atoms with Crippen LogP contribution in [0.4, 0.5) is 0 Å². The molecule has 2 nitrogen and oxygen atoms in total. The summed E-state index contributed by atoms with van der Waals surface area (Å²) in [6, 6.07) is 1.05. The van der Waals surface area contributed by atoms with Crippen molar-refractivity contribution in [2.45, 2.75) is 31.3 Å². The summed E-state index contributed by atoms with van der Waals surface area (Å²) in [7, 11) is 2.43. The first-order valence-electron chi connectivity index (χ1n) is 4.38. The number of ether oxygens (including phenoxy) is 2. The number of allylic oxidation sites excluding steroid dienone is 1. The van der Waals surface area contributed by atoms with Crippen LogP contribution in [0.5, 0.6) is 0 Å². The number of hydrogen-bond donors (Lipinski definition) is 0. The van der Waals surface area contributed by atoms with Gasteiger partial charge in [-0.05, 0) is 12.5 Å². The zero-order valence-electron chi connectivity index (χ0n) is 8.59. The van der Waals surface area contributed by atoms with Crippen LogP contribution in [-0.4, -0.2) is 28.4 Å². The van der Waals surface area contributed by atoms with Crippen LogP contribution in [0.2, 0.25) is 12.6 Å². The Bertz CT molecular complexity index is 124. The van der Waals surface area contributed by atoms with Gasteiger partial charge in [-0.2, -0.15) is 0 Å². The molecule has 0 saturated heterocycles. The highest BCUT2D eigenvalue weighted by molar-refractivity contribution is 6.60. The minimum Gasteiger partial charge on any atom is -0.357 e. The van der Waals surface area contributed by atoms with Gasteiger partial charge < -0.3 is 9.47 Å². The fourth-order valence-electron chi connectivity index (χ4n) is 1.55. The van der Waals surface area contributed by atoms with E-state index in [0.717, 1.165) is 12.5 Å². The van der Waals surface area contributed by atoms with E-state index in [1.54, 1.807) is 14.2 Å². The van der Waals surface area contributed by atoms with Gasteiger partial charge in [0.25, 0.3) is 0 Å². The molecule has 72 valence electrons. The molecular formula is C9H20O2Si. The normalized spacial score (nSPS) is 14.3. The van der Waals surface area contributed by atoms with Gasteiger partial charge >= 0.3 is 0 Å². The monoisotopic (exact) mass is 188 g/mol. The van der Waals surface area contributed by atoms with Crippen molar-refractivity contribution in [3.8, 4) is 0 Å². The lowest BCUT2D eigenvalue weighted by Gasteiger charge is -2.34. The quantitative estimate of drug-likeness (QED) is 0.360. The summed E-state index contributed by atoms with van der Waals surface area (Å²) in [6.07, 6.45) is 2.88. The van der Waals surface area contributed by atoms with E-state index in [1.165, 1.54) is 0 Å². The Labute approximate surface area is 77.2 Å². The molecule has 0 aliphatic carbocycles. The van der Waals surface area contributed by atoms with Gasteiger partial charge in [0.1, 0.15) is 14.2 Å². The molecule has 3 heteroatoms. The first-order valence-corrected chi connectivity index (χ1v) is 6.92. The first kappa shape index (κ1) is 11.9. The maximum atomic E-state index is 5.44. The third kappa shape index (κ3) is 2.44. The Balaban J connectivity index is 4.34. The Morgan fingerprint density at radius 3 is 2.17 bits per heavy atom. The molecule has 1 unspecified atom stereocenters. The molecule has 0 aromatic heterocycles. The van der Waals surface area contributed by atoms with Crippen LogP contribution < -0.4 is 0 Å². The summed E-state index contributed by atoms with van der Waals surface area (Å²) in [4.78, 5) is 0. The van der Waals surface area contributed by atoms with Gasteiger partial charge in [0.05, 0.1) is 0 Å². The Morgan fingerprint density at radius 1 is 1.42 bits per heavy atom. The topological polar surface area (TPSA) is 18.5 Å². The van der Waals surface area contributed by atoms with E-state index in [4.69, 9.17) is 9.47 Å². The van der Waals surface area contributed by atoms with Crippen molar-refractivity contribution in [3.63, 3.8) is 0 Å². The molecule has 0 spiro atoms. The molecule has 0 fully saturated rings. The van der Waals surface area contributed by atoms with E-state index in [-0.39, 0.29) is 5.41 Å². The molecule has 0 aliphatic rings. The van der Waals surface area contributed by atoms with Crippen molar-refractivity contribution in [1.82, 2.24) is 0 Å². The van der Waals surface area contributed by atoms with Gasteiger partial charge in [0.2, 0.25) is 0 Å². The van der Waals surface area contributed by atoms with Gasteiger partial charge in [-0.1, -0.05) is 19.5 Å². The zero-order chi connectivity index (χ0) is 9.61. The smallest absolute Gasteiger partial charge is 0.147 e. The maximum Gasteiger partial charge on any atom is 0.147 e. The highest BCUT2D eigenvalue weighted by Gasteiger charge is 2.34. The van der Waals surface area contributed by atoms with E-state index in [2.05, 4.69) is 20.0 Å². The summed E-state index contributed by atoms with van der Waals surface area (Å²) in [5.74, 6) is 0. The predicted octanol–water partition coefficient (Wildman–Crippen LogP) is 1.97. The highest BCUT2D eigenvalue weighted by Crippen LogP contribution is 2.22. The molecule has 0 amide bonds. The lowest BCUT2D eigenvalue weighted by atomic mass is 10.5. The molecular weight excluding hydrogens is 168 g/mol. The summed E-state index contributed by atoms with van der Waals surface area (Å²) in [6.45, 7) is 8.09. The zero-order valence-corrected chi connectivity index (χ0v) is 9.75. The van der Waals surface area contributed by atoms with Crippen LogP contribution >= 0.6 is 0 Å². The van der Waals surface area contributed by atoms with Crippen LogP contribution in [0.15, 0.2) is 12.7 Å². The Morgan fingerprint density at radius 2 is 1.92 bits per heavy atom. The van der Waals surface area contributed by atoms with E-state index >= 15 is 0 Å². The second-order valence-electron chi connectivity index (χ2n) is 3.00. The maximum absolute atomic E-state index is 5.44. The van der Waals surface area contributed by atoms with E-state index in [9.17, 15) is 0 Å². The molecule has 0 N–H and O–H groups in total. The van der Waals surface area contributed by atoms with Crippen LogP contribution in [0, 0.1) is 0 Å². The van der Waals surface area contributed by atoms with Gasteiger partial charge in [-0.15, -0.1) is 6.58 Å². The largest absolute Gasteiger partial charge is 0.357 e.